The van der Waals surface area contributed by atoms with E-state index in [0.29, 0.717) is 130 Å². The number of rotatable bonds is 26. The van der Waals surface area contributed by atoms with Gasteiger partial charge in [-0.2, -0.15) is 61.2 Å². The number of anilines is 12. The zero-order chi connectivity index (χ0) is 106. The van der Waals surface area contributed by atoms with Crippen LogP contribution in [0.2, 0.25) is 0 Å². The Morgan fingerprint density at radius 2 is 0.500 bits per heavy atom. The smallest absolute Gasteiger partial charge is 0.228 e. The molecule has 0 radical (unpaired) electrons. The van der Waals surface area contributed by atoms with Crippen LogP contribution in [0.5, 0.6) is 0 Å². The first kappa shape index (κ1) is 110. The first-order valence-electron chi connectivity index (χ1n) is 50.4. The molecular weight excluding hydrogens is 1910 g/mol. The third-order valence-corrected chi connectivity index (χ3v) is 25.2. The van der Waals surface area contributed by atoms with E-state index in [9.17, 15) is 33.6 Å². The van der Waals surface area contributed by atoms with Gasteiger partial charge in [0, 0.05) is 205 Å². The van der Waals surface area contributed by atoms with Gasteiger partial charge in [0.1, 0.15) is 17.5 Å². The third kappa shape index (κ3) is 33.8. The average molecular weight is 2050 g/mol. The lowest BCUT2D eigenvalue weighted by Crippen LogP contribution is -2.49. The molecule has 12 aromatic heterocycles. The summed E-state index contributed by atoms with van der Waals surface area (Å²) in [6.07, 6.45) is 1.57. The largest absolute Gasteiger partial charge is 0.382 e. The molecule has 790 valence electrons. The molecule has 6 aliphatic rings. The molecule has 49 nitrogen and oxygen atoms in total. The number of carbonyl (C=O) groups excluding carboxylic acids is 7. The van der Waals surface area contributed by atoms with Crippen molar-refractivity contribution in [2.24, 2.45) is 0 Å². The molecule has 0 bridgehead atoms. The number of nitrogens with one attached hydrogen (secondary N) is 3. The molecule has 6 fully saturated rings. The van der Waals surface area contributed by atoms with Crippen molar-refractivity contribution in [3.8, 4) is 0 Å². The van der Waals surface area contributed by atoms with E-state index >= 15 is 0 Å². The predicted octanol–water partition coefficient (Wildman–Crippen LogP) is 3.72. The Morgan fingerprint density at radius 3 is 0.693 bits per heavy atom. The van der Waals surface area contributed by atoms with Gasteiger partial charge in [-0.15, -0.1) is 61.2 Å². The lowest BCUT2D eigenvalue weighted by molar-refractivity contribution is -0.131. The Hall–Kier alpha value is -17.0. The van der Waals surface area contributed by atoms with E-state index in [0.717, 1.165) is 185 Å². The summed E-state index contributed by atoms with van der Waals surface area (Å²) in [6, 6.07) is 45.2. The Bertz CT molecular complexity index is 6220. The molecular formula is C101H134N42O7. The monoisotopic (exact) mass is 2050 g/mol. The van der Waals surface area contributed by atoms with Crippen LogP contribution in [0.1, 0.15) is 96.0 Å². The van der Waals surface area contributed by atoms with Crippen molar-refractivity contribution in [2.75, 3.05) is 259 Å². The molecule has 0 saturated carbocycles. The molecule has 6 saturated heterocycles. The fraction of sp³-hybridized carbons (Fsp3) is 0.455. The van der Waals surface area contributed by atoms with E-state index in [2.05, 4.69) is 186 Å². The molecule has 150 heavy (non-hydrogen) atoms. The van der Waals surface area contributed by atoms with Crippen molar-refractivity contribution in [2.45, 2.75) is 108 Å². The van der Waals surface area contributed by atoms with Crippen LogP contribution in [0, 0.1) is 41.5 Å². The fourth-order valence-electron chi connectivity index (χ4n) is 16.4. The van der Waals surface area contributed by atoms with E-state index in [-0.39, 0.29) is 79.9 Å². The van der Waals surface area contributed by atoms with Crippen LogP contribution >= 0.6 is 0 Å². The van der Waals surface area contributed by atoms with Crippen molar-refractivity contribution in [3.05, 3.63) is 214 Å². The summed E-state index contributed by atoms with van der Waals surface area (Å²) in [5.41, 5.74) is 14.9. The summed E-state index contributed by atoms with van der Waals surface area (Å²) >= 11 is 0. The Labute approximate surface area is 872 Å². The van der Waals surface area contributed by atoms with Gasteiger partial charge in [0.2, 0.25) is 41.4 Å². The minimum absolute atomic E-state index is 0.0150. The van der Waals surface area contributed by atoms with Crippen molar-refractivity contribution in [1.82, 2.24) is 152 Å². The third-order valence-electron chi connectivity index (χ3n) is 25.2. The van der Waals surface area contributed by atoms with Gasteiger partial charge in [-0.25, -0.2) is 0 Å². The van der Waals surface area contributed by atoms with Crippen molar-refractivity contribution >= 4 is 111 Å². The maximum absolute atomic E-state index is 12.6. The highest BCUT2D eigenvalue weighted by atomic mass is 16.2. The van der Waals surface area contributed by atoms with Gasteiger partial charge in [-0.05, 0) is 208 Å². The minimum atomic E-state index is -0.209. The maximum Gasteiger partial charge on any atom is 0.228 e. The molecule has 0 unspecified atom stereocenters. The summed E-state index contributed by atoms with van der Waals surface area (Å²) in [7, 11) is 5.60. The standard InChI is InChI=1S/C19H27N7O.C17H21N7O2.2C17H23N7O.C16H21N7O.C15H19N7O/c1-4-24(5-2)17-9-7-16(21-23-17)14-19(27)26-12-10-25(11-13-26)18-8-6-15(3)20-22-18;1-12-3-6-16(22-19-12)23-7-9-24(10-8-23)17(26)11-14-4-5-15(21-20-14)18-13(2)25;1-13-4-6-16(21-18-13)23-8-10-24(11-9-23)17(25)12-14-5-7-15(20-19-14)22(2)3;1-3-18-15-6-5-14(20-21-15)12-17(25)24-10-8-23(9-11-24)16-7-4-13(2)19-22-16;1-12-3-6-15(21-18-12)22-7-9-23(10-8-22)16(24)11-13-4-5-14(17-2)20-19-13;1-11-2-5-14(20-17-11)21-6-8-22(9-7-21)15(23)10-12-3-4-13(16)19-18-12/h6-9H,4-5,10-14H2,1-3H3;3-6H,7-11H2,1-2H3,(H,18,21,25);4-7H,8-12H2,1-3H3;4-7H,3,8-12H2,1-2H3,(H,18,21);3-6H,7-11H2,1-2H3,(H,17,20);2-5H,6-10H2,1H3,(H2,16,19). The molecule has 7 amide bonds. The number of hydrogen-bond donors (Lipinski definition) is 4. The summed E-state index contributed by atoms with van der Waals surface area (Å²) in [5.74, 6) is 9.13. The normalized spacial score (nSPS) is 14.5. The van der Waals surface area contributed by atoms with Crippen LogP contribution in [0.3, 0.4) is 0 Å². The number of amides is 7. The highest BCUT2D eigenvalue weighted by Crippen LogP contribution is 2.24. The number of nitrogen functional groups attached to an aromatic ring is 1. The van der Waals surface area contributed by atoms with E-state index in [4.69, 9.17) is 5.73 Å². The number of piperazine rings is 6. The van der Waals surface area contributed by atoms with Crippen molar-refractivity contribution in [1.29, 1.82) is 0 Å². The van der Waals surface area contributed by atoms with Gasteiger partial charge in [0.25, 0.3) is 0 Å². The van der Waals surface area contributed by atoms with Crippen LogP contribution in [-0.4, -0.2) is 391 Å². The number of carbonyl (C=O) groups is 7. The van der Waals surface area contributed by atoms with Gasteiger partial charge < -0.3 is 90.3 Å². The average Bonchev–Trinajstić information content (AvgIpc) is 0.850. The van der Waals surface area contributed by atoms with Crippen LogP contribution in [0.25, 0.3) is 0 Å². The van der Waals surface area contributed by atoms with Crippen LogP contribution < -0.4 is 60.9 Å². The van der Waals surface area contributed by atoms with Crippen LogP contribution in [-0.2, 0) is 72.1 Å². The topological polar surface area (TPSA) is 536 Å². The number of hydrogen-bond acceptors (Lipinski definition) is 42. The SMILES string of the molecule is CC(=O)Nc1ccc(CC(=O)N2CCN(c3ccc(C)nn3)CC2)nn1.CCN(CC)c1ccc(CC(=O)N2CCN(c3ccc(C)nn3)CC2)nn1.CCNc1ccc(CC(=O)N2CCN(c3ccc(C)nn3)CC2)nn1.CNc1ccc(CC(=O)N2CCN(c3ccc(C)nn3)CC2)nn1.Cc1ccc(N2CCN(C(=O)Cc3ccc(N(C)C)nn3)CC2)nn1.Cc1ccc(N2CCN(C(=O)Cc3ccc(N)nn3)CC2)nn1. The molecule has 0 atom stereocenters. The molecule has 0 aromatic carbocycles. The summed E-state index contributed by atoms with van der Waals surface area (Å²) in [6.45, 7) is 38.7. The first-order chi connectivity index (χ1) is 72.6. The van der Waals surface area contributed by atoms with Gasteiger partial charge in [-0.1, -0.05) is 0 Å². The van der Waals surface area contributed by atoms with E-state index in [1.165, 1.54) is 6.92 Å². The highest BCUT2D eigenvalue weighted by molar-refractivity contribution is 5.87. The zero-order valence-electron chi connectivity index (χ0n) is 87.6. The lowest BCUT2D eigenvalue weighted by Gasteiger charge is -2.35. The number of nitrogens with two attached hydrogens (primary N) is 1. The fourth-order valence-corrected chi connectivity index (χ4v) is 16.4. The van der Waals surface area contributed by atoms with E-state index in [1.54, 1.807) is 31.3 Å². The van der Waals surface area contributed by atoms with Crippen molar-refractivity contribution < 1.29 is 33.6 Å². The number of nitrogens with zero attached hydrogens (tertiary/aromatic N) is 38. The second-order valence-electron chi connectivity index (χ2n) is 36.4. The van der Waals surface area contributed by atoms with E-state index in [1.807, 2.05) is 218 Å². The summed E-state index contributed by atoms with van der Waals surface area (Å²) in [4.78, 5) is 114. The summed E-state index contributed by atoms with van der Waals surface area (Å²) < 4.78 is 0. The van der Waals surface area contributed by atoms with Gasteiger partial charge in [-0.3, -0.25) is 33.6 Å². The molecule has 6 aliphatic heterocycles. The molecule has 5 N–H and O–H groups in total. The van der Waals surface area contributed by atoms with Crippen molar-refractivity contribution in [3.63, 3.8) is 0 Å². The molecule has 12 aromatic rings. The predicted molar refractivity (Wildman–Crippen MR) is 568 cm³/mol. The second kappa shape index (κ2) is 55.6. The minimum Gasteiger partial charge on any atom is -0.382 e. The maximum atomic E-state index is 12.6. The Balaban J connectivity index is 0.000000150. The van der Waals surface area contributed by atoms with Gasteiger partial charge in [0.05, 0.1) is 107 Å². The second-order valence-corrected chi connectivity index (χ2v) is 36.4. The quantitative estimate of drug-likeness (QED) is 0.0600. The van der Waals surface area contributed by atoms with E-state index < -0.39 is 0 Å². The Kier molecular flexibility index (Phi) is 40.8. The molecule has 18 rings (SSSR count). The van der Waals surface area contributed by atoms with Crippen LogP contribution in [0.15, 0.2) is 146 Å². The number of aryl methyl sites for hydroxylation is 6. The molecule has 0 spiro atoms. The Morgan fingerprint density at radius 1 is 0.267 bits per heavy atom. The van der Waals surface area contributed by atoms with Gasteiger partial charge in [0.15, 0.2) is 52.4 Å². The first-order valence-corrected chi connectivity index (χ1v) is 50.4. The molecule has 18 heterocycles. The van der Waals surface area contributed by atoms with Crippen LogP contribution in [0.4, 0.5) is 69.8 Å². The lowest BCUT2D eigenvalue weighted by atomic mass is 10.2. The van der Waals surface area contributed by atoms with Gasteiger partial charge >= 0.3 is 0 Å². The number of aromatic nitrogens is 24. The zero-order valence-corrected chi connectivity index (χ0v) is 87.6. The summed E-state index contributed by atoms with van der Waals surface area (Å²) in [5, 5.41) is 107. The molecule has 49 heteroatoms. The highest BCUT2D eigenvalue weighted by Gasteiger charge is 2.31. The molecule has 0 aliphatic carbocycles.